The van der Waals surface area contributed by atoms with Crippen LogP contribution in [0.2, 0.25) is 0 Å². The van der Waals surface area contributed by atoms with Crippen molar-refractivity contribution in [3.63, 3.8) is 0 Å². The van der Waals surface area contributed by atoms with Crippen LogP contribution < -0.4 is 0 Å². The summed E-state index contributed by atoms with van der Waals surface area (Å²) in [5.41, 5.74) is 2.57. The van der Waals surface area contributed by atoms with Gasteiger partial charge in [-0.3, -0.25) is 4.99 Å². The standard InChI is InChI=1S/C13H14FN/c14-11-5-3-10(4-6-11)13-8-7-12(15-13)9-1-2-9/h3-6,9,13H,1-2,7-8H2/t13-/m0/s1. The molecule has 1 atom stereocenters. The van der Waals surface area contributed by atoms with Crippen molar-refractivity contribution in [3.05, 3.63) is 35.6 Å². The van der Waals surface area contributed by atoms with Gasteiger partial charge in [0.15, 0.2) is 0 Å². The van der Waals surface area contributed by atoms with Gasteiger partial charge in [-0.05, 0) is 49.3 Å². The van der Waals surface area contributed by atoms with E-state index in [1.807, 2.05) is 12.1 Å². The monoisotopic (exact) mass is 203 g/mol. The molecule has 1 saturated carbocycles. The first-order valence-electron chi connectivity index (χ1n) is 5.65. The van der Waals surface area contributed by atoms with E-state index in [4.69, 9.17) is 4.99 Å². The molecular weight excluding hydrogens is 189 g/mol. The van der Waals surface area contributed by atoms with Crippen molar-refractivity contribution in [1.29, 1.82) is 0 Å². The summed E-state index contributed by atoms with van der Waals surface area (Å²) >= 11 is 0. The van der Waals surface area contributed by atoms with E-state index >= 15 is 0 Å². The van der Waals surface area contributed by atoms with Crippen LogP contribution in [0, 0.1) is 11.7 Å². The molecule has 0 N–H and O–H groups in total. The molecule has 1 aromatic rings. The Labute approximate surface area is 89.0 Å². The minimum Gasteiger partial charge on any atom is -0.286 e. The number of halogens is 1. The quantitative estimate of drug-likeness (QED) is 0.697. The van der Waals surface area contributed by atoms with Gasteiger partial charge in [-0.2, -0.15) is 0 Å². The summed E-state index contributed by atoms with van der Waals surface area (Å²) in [4.78, 5) is 4.74. The number of benzene rings is 1. The molecule has 1 aromatic carbocycles. The third-order valence-electron chi connectivity index (χ3n) is 3.30. The topological polar surface area (TPSA) is 12.4 Å². The summed E-state index contributed by atoms with van der Waals surface area (Å²) in [6.07, 6.45) is 4.91. The van der Waals surface area contributed by atoms with E-state index in [9.17, 15) is 4.39 Å². The van der Waals surface area contributed by atoms with Crippen molar-refractivity contribution in [2.75, 3.05) is 0 Å². The predicted octanol–water partition coefficient (Wildman–Crippen LogP) is 3.51. The van der Waals surface area contributed by atoms with Gasteiger partial charge in [-0.25, -0.2) is 4.39 Å². The summed E-state index contributed by atoms with van der Waals surface area (Å²) in [5.74, 6) is 0.624. The van der Waals surface area contributed by atoms with E-state index < -0.39 is 0 Å². The molecule has 15 heavy (non-hydrogen) atoms. The summed E-state index contributed by atoms with van der Waals surface area (Å²) in [6.45, 7) is 0. The highest BCUT2D eigenvalue weighted by molar-refractivity contribution is 5.90. The summed E-state index contributed by atoms with van der Waals surface area (Å²) in [5, 5.41) is 0. The molecule has 0 aromatic heterocycles. The van der Waals surface area contributed by atoms with Crippen LogP contribution in [-0.4, -0.2) is 5.71 Å². The molecule has 0 saturated heterocycles. The van der Waals surface area contributed by atoms with Gasteiger partial charge in [0.1, 0.15) is 5.82 Å². The second kappa shape index (κ2) is 3.44. The maximum Gasteiger partial charge on any atom is 0.123 e. The number of hydrogen-bond acceptors (Lipinski definition) is 1. The van der Waals surface area contributed by atoms with Crippen molar-refractivity contribution in [2.24, 2.45) is 10.9 Å². The van der Waals surface area contributed by atoms with E-state index in [0.29, 0.717) is 6.04 Å². The van der Waals surface area contributed by atoms with Crippen LogP contribution in [-0.2, 0) is 0 Å². The average Bonchev–Trinajstić information content (AvgIpc) is 2.99. The van der Waals surface area contributed by atoms with Crippen LogP contribution in [0.5, 0.6) is 0 Å². The Balaban J connectivity index is 1.80. The lowest BCUT2D eigenvalue weighted by Gasteiger charge is -2.05. The highest BCUT2D eigenvalue weighted by Gasteiger charge is 2.31. The molecule has 0 unspecified atom stereocenters. The summed E-state index contributed by atoms with van der Waals surface area (Å²) in [7, 11) is 0. The van der Waals surface area contributed by atoms with Crippen molar-refractivity contribution in [3.8, 4) is 0 Å². The molecule has 1 heterocycles. The van der Waals surface area contributed by atoms with Crippen molar-refractivity contribution in [1.82, 2.24) is 0 Å². The maximum absolute atomic E-state index is 12.8. The lowest BCUT2D eigenvalue weighted by Crippen LogP contribution is -1.93. The average molecular weight is 203 g/mol. The summed E-state index contributed by atoms with van der Waals surface area (Å²) < 4.78 is 12.8. The van der Waals surface area contributed by atoms with E-state index in [1.54, 1.807) is 0 Å². The molecule has 0 radical (unpaired) electrons. The fraction of sp³-hybridized carbons (Fsp3) is 0.462. The zero-order chi connectivity index (χ0) is 10.3. The van der Waals surface area contributed by atoms with Crippen LogP contribution in [0.25, 0.3) is 0 Å². The summed E-state index contributed by atoms with van der Waals surface area (Å²) in [6, 6.07) is 7.07. The van der Waals surface area contributed by atoms with Gasteiger partial charge < -0.3 is 0 Å². The van der Waals surface area contributed by atoms with Gasteiger partial charge in [-0.1, -0.05) is 12.1 Å². The van der Waals surface area contributed by atoms with E-state index in [-0.39, 0.29) is 5.82 Å². The number of hydrogen-bond donors (Lipinski definition) is 0. The van der Waals surface area contributed by atoms with Gasteiger partial charge in [0.05, 0.1) is 6.04 Å². The normalized spacial score (nSPS) is 25.4. The maximum atomic E-state index is 12.8. The molecule has 2 heteroatoms. The highest BCUT2D eigenvalue weighted by Crippen LogP contribution is 2.39. The Bertz CT molecular complexity index is 390. The fourth-order valence-electron chi connectivity index (χ4n) is 2.27. The van der Waals surface area contributed by atoms with Crippen LogP contribution in [0.3, 0.4) is 0 Å². The molecular formula is C13H14FN. The van der Waals surface area contributed by atoms with Gasteiger partial charge >= 0.3 is 0 Å². The van der Waals surface area contributed by atoms with Crippen molar-refractivity contribution >= 4 is 5.71 Å². The first kappa shape index (κ1) is 9.08. The van der Waals surface area contributed by atoms with E-state index in [0.717, 1.165) is 24.3 Å². The lowest BCUT2D eigenvalue weighted by atomic mass is 10.0. The largest absolute Gasteiger partial charge is 0.286 e. The molecule has 1 aliphatic heterocycles. The van der Waals surface area contributed by atoms with Crippen LogP contribution in [0.15, 0.2) is 29.3 Å². The smallest absolute Gasteiger partial charge is 0.123 e. The Hall–Kier alpha value is -1.18. The van der Waals surface area contributed by atoms with Crippen LogP contribution >= 0.6 is 0 Å². The molecule has 3 rings (SSSR count). The van der Waals surface area contributed by atoms with Crippen LogP contribution in [0.1, 0.15) is 37.3 Å². The third kappa shape index (κ3) is 1.81. The van der Waals surface area contributed by atoms with Crippen LogP contribution in [0.4, 0.5) is 4.39 Å². The molecule has 78 valence electrons. The second-order valence-electron chi connectivity index (χ2n) is 4.50. The molecule has 1 fully saturated rings. The predicted molar refractivity (Wildman–Crippen MR) is 58.5 cm³/mol. The van der Waals surface area contributed by atoms with E-state index in [2.05, 4.69) is 0 Å². The minimum absolute atomic E-state index is 0.164. The molecule has 1 aliphatic carbocycles. The Kier molecular flexibility index (Phi) is 2.08. The Morgan fingerprint density at radius 1 is 1.07 bits per heavy atom. The number of aliphatic imine (C=N–C) groups is 1. The fourth-order valence-corrected chi connectivity index (χ4v) is 2.27. The molecule has 2 aliphatic rings. The van der Waals surface area contributed by atoms with Crippen molar-refractivity contribution in [2.45, 2.75) is 31.7 Å². The van der Waals surface area contributed by atoms with Gasteiger partial charge in [0.25, 0.3) is 0 Å². The van der Waals surface area contributed by atoms with Gasteiger partial charge in [0, 0.05) is 5.71 Å². The van der Waals surface area contributed by atoms with Gasteiger partial charge in [0.2, 0.25) is 0 Å². The minimum atomic E-state index is -0.164. The Morgan fingerprint density at radius 3 is 2.47 bits per heavy atom. The number of nitrogens with zero attached hydrogens (tertiary/aromatic N) is 1. The van der Waals surface area contributed by atoms with Crippen molar-refractivity contribution < 1.29 is 4.39 Å². The zero-order valence-corrected chi connectivity index (χ0v) is 8.62. The van der Waals surface area contributed by atoms with E-state index in [1.165, 1.54) is 30.7 Å². The molecule has 0 amide bonds. The molecule has 0 spiro atoms. The lowest BCUT2D eigenvalue weighted by molar-refractivity contribution is 0.624. The first-order valence-corrected chi connectivity index (χ1v) is 5.65. The molecule has 1 nitrogen and oxygen atoms in total. The van der Waals surface area contributed by atoms with Gasteiger partial charge in [-0.15, -0.1) is 0 Å². The SMILES string of the molecule is Fc1ccc([C@@H]2CCC(C3CC3)=N2)cc1. The third-order valence-corrected chi connectivity index (χ3v) is 3.30. The highest BCUT2D eigenvalue weighted by atomic mass is 19.1. The number of rotatable bonds is 2. The zero-order valence-electron chi connectivity index (χ0n) is 8.62. The molecule has 0 bridgehead atoms. The second-order valence-corrected chi connectivity index (χ2v) is 4.50. The Morgan fingerprint density at radius 2 is 1.80 bits per heavy atom. The first-order chi connectivity index (χ1) is 7.33.